The first-order valence-corrected chi connectivity index (χ1v) is 11.2. The van der Waals surface area contributed by atoms with Crippen LogP contribution in [0.4, 0.5) is 4.39 Å². The number of rotatable bonds is 7. The fourth-order valence-electron chi connectivity index (χ4n) is 2.71. The molecule has 3 rings (SSSR count). The van der Waals surface area contributed by atoms with E-state index in [1.165, 1.54) is 30.5 Å². The first-order chi connectivity index (χ1) is 15.5. The molecule has 0 bridgehead atoms. The number of pyridine rings is 1. The standard InChI is InChI=1S/C20H14Cl2FN3O6S/c21-11-1-2-16(32-17-8-14(23)18(7-13(17)22)33(24,30)31)12(6-11)10-3-4-25-15(5-10)20(29)26-9-19(27)28/h1-8H,9H2,(H,26,29)(H,27,28)(H2,24,30,31). The Labute approximate surface area is 197 Å². The number of ether oxygens (including phenoxy) is 1. The van der Waals surface area contributed by atoms with E-state index in [1.807, 2.05) is 0 Å². The summed E-state index contributed by atoms with van der Waals surface area (Å²) in [7, 11) is -4.34. The second kappa shape index (κ2) is 9.71. The van der Waals surface area contributed by atoms with Crippen LogP contribution in [0.15, 0.2) is 53.6 Å². The molecule has 1 aromatic heterocycles. The Morgan fingerprint density at radius 2 is 1.85 bits per heavy atom. The predicted octanol–water partition coefficient (Wildman–Crippen LogP) is 3.45. The smallest absolute Gasteiger partial charge is 0.322 e. The van der Waals surface area contributed by atoms with Gasteiger partial charge >= 0.3 is 5.97 Å². The molecular weight excluding hydrogens is 500 g/mol. The zero-order valence-electron chi connectivity index (χ0n) is 16.4. The molecule has 0 aliphatic rings. The second-order valence-electron chi connectivity index (χ2n) is 6.51. The number of amides is 1. The Balaban J connectivity index is 2.01. The minimum Gasteiger partial charge on any atom is -0.480 e. The molecule has 0 unspecified atom stereocenters. The summed E-state index contributed by atoms with van der Waals surface area (Å²) >= 11 is 12.2. The van der Waals surface area contributed by atoms with Crippen molar-refractivity contribution in [2.24, 2.45) is 5.14 Å². The van der Waals surface area contributed by atoms with E-state index in [0.717, 1.165) is 12.1 Å². The average molecular weight is 514 g/mol. The summed E-state index contributed by atoms with van der Waals surface area (Å²) < 4.78 is 42.9. The van der Waals surface area contributed by atoms with Gasteiger partial charge in [0.25, 0.3) is 5.91 Å². The molecule has 13 heteroatoms. The highest BCUT2D eigenvalue weighted by Crippen LogP contribution is 2.39. The molecule has 2 aromatic carbocycles. The number of sulfonamides is 1. The van der Waals surface area contributed by atoms with Crippen LogP contribution in [-0.2, 0) is 14.8 Å². The van der Waals surface area contributed by atoms with E-state index in [9.17, 15) is 22.4 Å². The van der Waals surface area contributed by atoms with E-state index in [4.69, 9.17) is 38.2 Å². The maximum Gasteiger partial charge on any atom is 0.322 e. The van der Waals surface area contributed by atoms with E-state index in [2.05, 4.69) is 10.3 Å². The first-order valence-electron chi connectivity index (χ1n) is 8.91. The van der Waals surface area contributed by atoms with Gasteiger partial charge in [-0.2, -0.15) is 0 Å². The Morgan fingerprint density at radius 1 is 1.12 bits per heavy atom. The van der Waals surface area contributed by atoms with Gasteiger partial charge in [0.15, 0.2) is 0 Å². The summed E-state index contributed by atoms with van der Waals surface area (Å²) in [5, 5.41) is 16.0. The molecule has 1 amide bonds. The van der Waals surface area contributed by atoms with Gasteiger partial charge in [0.05, 0.1) is 5.02 Å². The second-order valence-corrected chi connectivity index (χ2v) is 8.88. The third kappa shape index (κ3) is 5.96. The number of nitrogens with one attached hydrogen (secondary N) is 1. The van der Waals surface area contributed by atoms with Crippen LogP contribution in [0.25, 0.3) is 11.1 Å². The minimum atomic E-state index is -4.34. The number of aromatic nitrogens is 1. The van der Waals surface area contributed by atoms with E-state index in [1.54, 1.807) is 6.07 Å². The monoisotopic (exact) mass is 513 g/mol. The molecule has 0 saturated carbocycles. The minimum absolute atomic E-state index is 0.0683. The van der Waals surface area contributed by atoms with Crippen LogP contribution in [0.2, 0.25) is 10.0 Å². The number of benzene rings is 2. The van der Waals surface area contributed by atoms with Crippen molar-refractivity contribution in [2.75, 3.05) is 6.54 Å². The number of carboxylic acid groups (broad SMARTS) is 1. The van der Waals surface area contributed by atoms with Crippen molar-refractivity contribution in [3.05, 3.63) is 70.2 Å². The number of hydrogen-bond acceptors (Lipinski definition) is 6. The molecule has 172 valence electrons. The molecule has 0 fully saturated rings. The molecule has 0 saturated heterocycles. The highest BCUT2D eigenvalue weighted by molar-refractivity contribution is 7.89. The van der Waals surface area contributed by atoms with Gasteiger partial charge in [-0.15, -0.1) is 0 Å². The van der Waals surface area contributed by atoms with Gasteiger partial charge in [-0.25, -0.2) is 17.9 Å². The van der Waals surface area contributed by atoms with Crippen molar-refractivity contribution in [3.63, 3.8) is 0 Å². The largest absolute Gasteiger partial charge is 0.480 e. The number of nitrogens with two attached hydrogens (primary N) is 1. The number of hydrogen-bond donors (Lipinski definition) is 3. The van der Waals surface area contributed by atoms with Crippen molar-refractivity contribution >= 4 is 45.1 Å². The Hall–Kier alpha value is -3.25. The molecule has 0 radical (unpaired) electrons. The summed E-state index contributed by atoms with van der Waals surface area (Å²) in [4.78, 5) is 25.9. The van der Waals surface area contributed by atoms with Gasteiger partial charge in [-0.1, -0.05) is 23.2 Å². The quantitative estimate of drug-likeness (QED) is 0.437. The lowest BCUT2D eigenvalue weighted by Gasteiger charge is -2.14. The molecule has 0 aliphatic carbocycles. The van der Waals surface area contributed by atoms with Crippen LogP contribution in [0.5, 0.6) is 11.5 Å². The molecule has 3 aromatic rings. The number of aliphatic carboxylic acids is 1. The first kappa shape index (κ1) is 24.4. The summed E-state index contributed by atoms with van der Waals surface area (Å²) in [5.41, 5.74) is 0.714. The lowest BCUT2D eigenvalue weighted by molar-refractivity contribution is -0.135. The molecule has 33 heavy (non-hydrogen) atoms. The third-order valence-corrected chi connectivity index (χ3v) is 5.61. The third-order valence-electron chi connectivity index (χ3n) is 4.16. The molecule has 1 heterocycles. The predicted molar refractivity (Wildman–Crippen MR) is 118 cm³/mol. The summed E-state index contributed by atoms with van der Waals surface area (Å²) in [6.45, 7) is -0.588. The van der Waals surface area contributed by atoms with Gasteiger partial charge < -0.3 is 15.2 Å². The number of nitrogens with zero attached hydrogens (tertiary/aromatic N) is 1. The average Bonchev–Trinajstić information content (AvgIpc) is 2.74. The van der Waals surface area contributed by atoms with E-state index < -0.39 is 39.2 Å². The highest BCUT2D eigenvalue weighted by Gasteiger charge is 2.20. The molecule has 4 N–H and O–H groups in total. The Kier molecular flexibility index (Phi) is 7.18. The van der Waals surface area contributed by atoms with Crippen LogP contribution in [0.3, 0.4) is 0 Å². The molecule has 0 atom stereocenters. The van der Waals surface area contributed by atoms with Gasteiger partial charge in [0.1, 0.15) is 34.5 Å². The molecule has 0 spiro atoms. The van der Waals surface area contributed by atoms with Gasteiger partial charge in [0.2, 0.25) is 10.0 Å². The van der Waals surface area contributed by atoms with E-state index in [0.29, 0.717) is 16.1 Å². The number of carboxylic acids is 1. The van der Waals surface area contributed by atoms with E-state index >= 15 is 0 Å². The van der Waals surface area contributed by atoms with Crippen LogP contribution in [0, 0.1) is 5.82 Å². The summed E-state index contributed by atoms with van der Waals surface area (Å²) in [6.07, 6.45) is 1.32. The molecular formula is C20H14Cl2FN3O6S. The van der Waals surface area contributed by atoms with Crippen molar-refractivity contribution in [1.29, 1.82) is 0 Å². The Morgan fingerprint density at radius 3 is 2.52 bits per heavy atom. The maximum atomic E-state index is 14.3. The fraction of sp³-hybridized carbons (Fsp3) is 0.0500. The Bertz CT molecular complexity index is 1370. The summed E-state index contributed by atoms with van der Waals surface area (Å²) in [5.74, 6) is -3.14. The SMILES string of the molecule is NS(=O)(=O)c1cc(Cl)c(Oc2ccc(Cl)cc2-c2ccnc(C(=O)NCC(=O)O)c2)cc1F. The number of carbonyl (C=O) groups is 2. The maximum absolute atomic E-state index is 14.3. The van der Waals surface area contributed by atoms with E-state index in [-0.39, 0.29) is 22.2 Å². The lowest BCUT2D eigenvalue weighted by Crippen LogP contribution is -2.29. The molecule has 0 aliphatic heterocycles. The fourth-order valence-corrected chi connectivity index (χ4v) is 3.76. The van der Waals surface area contributed by atoms with Crippen molar-refractivity contribution in [3.8, 4) is 22.6 Å². The highest BCUT2D eigenvalue weighted by atomic mass is 35.5. The number of primary sulfonamides is 1. The van der Waals surface area contributed by atoms with Crippen molar-refractivity contribution < 1.29 is 32.2 Å². The summed E-state index contributed by atoms with van der Waals surface area (Å²) in [6, 6.07) is 8.98. The van der Waals surface area contributed by atoms with Crippen molar-refractivity contribution in [1.82, 2.24) is 10.3 Å². The lowest BCUT2D eigenvalue weighted by atomic mass is 10.0. The zero-order chi connectivity index (χ0) is 24.3. The van der Waals surface area contributed by atoms with Gasteiger partial charge in [-0.3, -0.25) is 14.6 Å². The normalized spacial score (nSPS) is 11.2. The topological polar surface area (TPSA) is 149 Å². The van der Waals surface area contributed by atoms with Crippen LogP contribution >= 0.6 is 23.2 Å². The van der Waals surface area contributed by atoms with Crippen LogP contribution in [-0.4, -0.2) is 36.9 Å². The van der Waals surface area contributed by atoms with Crippen LogP contribution < -0.4 is 15.2 Å². The number of halogens is 3. The zero-order valence-corrected chi connectivity index (χ0v) is 18.7. The van der Waals surface area contributed by atoms with Gasteiger partial charge in [0, 0.05) is 22.8 Å². The molecule has 9 nitrogen and oxygen atoms in total. The van der Waals surface area contributed by atoms with Crippen molar-refractivity contribution in [2.45, 2.75) is 4.90 Å². The van der Waals surface area contributed by atoms with Gasteiger partial charge in [-0.05, 0) is 42.0 Å². The van der Waals surface area contributed by atoms with Crippen LogP contribution in [0.1, 0.15) is 10.5 Å². The number of carbonyl (C=O) groups excluding carboxylic acids is 1.